The van der Waals surface area contributed by atoms with Crippen molar-refractivity contribution in [2.75, 3.05) is 51.7 Å². The van der Waals surface area contributed by atoms with Crippen LogP contribution < -0.4 is 10.2 Å². The molecule has 0 aromatic carbocycles. The van der Waals surface area contributed by atoms with E-state index in [1.54, 1.807) is 6.33 Å². The first-order valence-electron chi connectivity index (χ1n) is 9.31. The zero-order chi connectivity index (χ0) is 17.8. The molecule has 3 heterocycles. The second kappa shape index (κ2) is 8.10. The fourth-order valence-electron chi connectivity index (χ4n) is 3.77. The lowest BCUT2D eigenvalue weighted by Crippen LogP contribution is -2.48. The molecule has 1 amide bonds. The van der Waals surface area contributed by atoms with Gasteiger partial charge in [0.15, 0.2) is 0 Å². The molecule has 1 aromatic rings. The predicted octanol–water partition coefficient (Wildman–Crippen LogP) is 0.501. The van der Waals surface area contributed by atoms with E-state index < -0.39 is 0 Å². The molecule has 0 unspecified atom stereocenters. The van der Waals surface area contributed by atoms with Crippen LogP contribution in [0.25, 0.3) is 0 Å². The van der Waals surface area contributed by atoms with Crippen molar-refractivity contribution < 1.29 is 4.79 Å². The van der Waals surface area contributed by atoms with Crippen LogP contribution in [0.15, 0.2) is 6.33 Å². The van der Waals surface area contributed by atoms with Crippen molar-refractivity contribution in [3.8, 4) is 0 Å². The summed E-state index contributed by atoms with van der Waals surface area (Å²) in [5.74, 6) is 1.10. The van der Waals surface area contributed by atoms with Crippen molar-refractivity contribution in [3.63, 3.8) is 0 Å². The van der Waals surface area contributed by atoms with E-state index >= 15 is 0 Å². The predicted molar refractivity (Wildman–Crippen MR) is 98.6 cm³/mol. The summed E-state index contributed by atoms with van der Waals surface area (Å²) in [6, 6.07) is 0.327. The molecule has 7 nitrogen and oxygen atoms in total. The first kappa shape index (κ1) is 18.1. The maximum absolute atomic E-state index is 12.5. The smallest absolute Gasteiger partial charge is 0.234 e. The number of nitrogens with zero attached hydrogens (tertiary/aromatic N) is 5. The number of likely N-dealkylation sites (tertiary alicyclic amines) is 1. The van der Waals surface area contributed by atoms with Gasteiger partial charge in [-0.15, -0.1) is 0 Å². The number of amides is 1. The Morgan fingerprint density at radius 3 is 2.68 bits per heavy atom. The Morgan fingerprint density at radius 2 is 2.00 bits per heavy atom. The first-order valence-corrected chi connectivity index (χ1v) is 9.31. The summed E-state index contributed by atoms with van der Waals surface area (Å²) >= 11 is 0. The maximum atomic E-state index is 12.5. The molecule has 3 rings (SSSR count). The number of carbonyl (C=O) groups excluding carboxylic acids is 1. The van der Waals surface area contributed by atoms with Gasteiger partial charge in [-0.25, -0.2) is 9.97 Å². The van der Waals surface area contributed by atoms with Gasteiger partial charge >= 0.3 is 0 Å². The van der Waals surface area contributed by atoms with Crippen LogP contribution >= 0.6 is 0 Å². The molecular formula is C18H30N6O. The fraction of sp³-hybridized carbons (Fsp3) is 0.722. The molecule has 1 fully saturated rings. The van der Waals surface area contributed by atoms with E-state index in [9.17, 15) is 4.79 Å². The van der Waals surface area contributed by atoms with Crippen molar-refractivity contribution in [2.24, 2.45) is 0 Å². The highest BCUT2D eigenvalue weighted by Crippen LogP contribution is 2.24. The number of hydrogen-bond donors (Lipinski definition) is 1. The minimum atomic E-state index is 0.140. The molecule has 1 N–H and O–H groups in total. The van der Waals surface area contributed by atoms with Gasteiger partial charge in [0, 0.05) is 58.3 Å². The summed E-state index contributed by atoms with van der Waals surface area (Å²) in [4.78, 5) is 27.9. The summed E-state index contributed by atoms with van der Waals surface area (Å²) in [5.41, 5.74) is 2.27. The van der Waals surface area contributed by atoms with E-state index in [1.807, 2.05) is 19.0 Å². The third-order valence-corrected chi connectivity index (χ3v) is 5.25. The minimum Gasteiger partial charge on any atom is -0.362 e. The Hall–Kier alpha value is -1.73. The quantitative estimate of drug-likeness (QED) is 0.838. The van der Waals surface area contributed by atoms with Gasteiger partial charge in [-0.1, -0.05) is 6.92 Å². The number of hydrogen-bond acceptors (Lipinski definition) is 6. The highest BCUT2D eigenvalue weighted by atomic mass is 16.2. The van der Waals surface area contributed by atoms with Crippen LogP contribution in [0, 0.1) is 0 Å². The third-order valence-electron chi connectivity index (χ3n) is 5.25. The Kier molecular flexibility index (Phi) is 5.86. The highest BCUT2D eigenvalue weighted by molar-refractivity contribution is 5.78. The molecular weight excluding hydrogens is 316 g/mol. The number of anilines is 1. The monoisotopic (exact) mass is 346 g/mol. The number of piperidine rings is 1. The molecule has 2 aliphatic heterocycles. The van der Waals surface area contributed by atoms with Crippen molar-refractivity contribution in [1.29, 1.82) is 0 Å². The molecule has 25 heavy (non-hydrogen) atoms. The van der Waals surface area contributed by atoms with Crippen LogP contribution in [-0.2, 0) is 17.8 Å². The third kappa shape index (κ3) is 4.46. The Labute approximate surface area is 150 Å². The second-order valence-electron chi connectivity index (χ2n) is 7.25. The Balaban J connectivity index is 1.53. The van der Waals surface area contributed by atoms with Gasteiger partial charge in [-0.3, -0.25) is 9.69 Å². The van der Waals surface area contributed by atoms with Crippen molar-refractivity contribution in [1.82, 2.24) is 25.1 Å². The average molecular weight is 346 g/mol. The molecule has 1 saturated heterocycles. The minimum absolute atomic E-state index is 0.140. The summed E-state index contributed by atoms with van der Waals surface area (Å²) in [6.45, 7) is 7.53. The van der Waals surface area contributed by atoms with Gasteiger partial charge in [0.2, 0.25) is 5.91 Å². The summed E-state index contributed by atoms with van der Waals surface area (Å²) in [5, 5.41) is 3.22. The molecule has 138 valence electrons. The maximum Gasteiger partial charge on any atom is 0.234 e. The van der Waals surface area contributed by atoms with E-state index in [0.29, 0.717) is 12.6 Å². The van der Waals surface area contributed by atoms with Crippen LogP contribution in [-0.4, -0.2) is 78.5 Å². The number of rotatable bonds is 5. The van der Waals surface area contributed by atoms with Gasteiger partial charge in [0.1, 0.15) is 12.1 Å². The Morgan fingerprint density at radius 1 is 1.24 bits per heavy atom. The molecule has 0 aliphatic carbocycles. The number of aromatic nitrogens is 2. The van der Waals surface area contributed by atoms with Gasteiger partial charge in [0.25, 0.3) is 0 Å². The van der Waals surface area contributed by atoms with E-state index in [1.165, 1.54) is 0 Å². The van der Waals surface area contributed by atoms with Gasteiger partial charge in [-0.2, -0.15) is 0 Å². The van der Waals surface area contributed by atoms with Crippen LogP contribution in [0.4, 0.5) is 5.82 Å². The molecule has 1 aromatic heterocycles. The lowest BCUT2D eigenvalue weighted by atomic mass is 10.0. The highest BCUT2D eigenvalue weighted by Gasteiger charge is 2.25. The Bertz CT molecular complexity index is 597. The van der Waals surface area contributed by atoms with Crippen LogP contribution in [0.1, 0.15) is 31.0 Å². The van der Waals surface area contributed by atoms with E-state index in [4.69, 9.17) is 0 Å². The molecule has 0 radical (unpaired) electrons. The van der Waals surface area contributed by atoms with Gasteiger partial charge in [0.05, 0.1) is 12.2 Å². The lowest BCUT2D eigenvalue weighted by molar-refractivity contribution is -0.123. The zero-order valence-corrected chi connectivity index (χ0v) is 15.7. The lowest BCUT2D eigenvalue weighted by Gasteiger charge is -2.33. The average Bonchev–Trinajstić information content (AvgIpc) is 2.61. The molecule has 0 atom stereocenters. The second-order valence-corrected chi connectivity index (χ2v) is 7.25. The van der Waals surface area contributed by atoms with E-state index in [-0.39, 0.29) is 5.91 Å². The van der Waals surface area contributed by atoms with Gasteiger partial charge in [-0.05, 0) is 19.4 Å². The standard InChI is InChI=1S/C18H30N6O/c1-4-23-8-5-14(6-9-23)21-17(25)12-24-10-7-16-15(11-24)18(22(2)3)20-13-19-16/h13-14H,4-12H2,1-3H3,(H,21,25). The first-order chi connectivity index (χ1) is 12.1. The van der Waals surface area contributed by atoms with Crippen molar-refractivity contribution in [2.45, 2.75) is 38.8 Å². The van der Waals surface area contributed by atoms with Gasteiger partial charge < -0.3 is 15.1 Å². The number of fused-ring (bicyclic) bond motifs is 1. The molecule has 0 spiro atoms. The van der Waals surface area contributed by atoms with Crippen LogP contribution in [0.3, 0.4) is 0 Å². The normalized spacial score (nSPS) is 19.5. The molecule has 2 aliphatic rings. The zero-order valence-electron chi connectivity index (χ0n) is 15.7. The summed E-state index contributed by atoms with van der Waals surface area (Å²) in [7, 11) is 3.99. The van der Waals surface area contributed by atoms with Crippen molar-refractivity contribution in [3.05, 3.63) is 17.6 Å². The van der Waals surface area contributed by atoms with E-state index in [0.717, 1.165) is 69.1 Å². The molecule has 0 saturated carbocycles. The van der Waals surface area contributed by atoms with Crippen LogP contribution in [0.2, 0.25) is 0 Å². The largest absolute Gasteiger partial charge is 0.362 e. The topological polar surface area (TPSA) is 64.6 Å². The number of nitrogens with one attached hydrogen (secondary N) is 1. The molecule has 7 heteroatoms. The SMILES string of the molecule is CCN1CCC(NC(=O)CN2CCc3ncnc(N(C)C)c3C2)CC1. The van der Waals surface area contributed by atoms with E-state index in [2.05, 4.69) is 32.0 Å². The number of carbonyl (C=O) groups is 1. The summed E-state index contributed by atoms with van der Waals surface area (Å²) < 4.78 is 0. The molecule has 0 bridgehead atoms. The van der Waals surface area contributed by atoms with Crippen molar-refractivity contribution >= 4 is 11.7 Å². The summed E-state index contributed by atoms with van der Waals surface area (Å²) in [6.07, 6.45) is 4.63. The fourth-order valence-corrected chi connectivity index (χ4v) is 3.77. The van der Waals surface area contributed by atoms with Crippen LogP contribution in [0.5, 0.6) is 0 Å².